The summed E-state index contributed by atoms with van der Waals surface area (Å²) in [5, 5.41) is 6.95. The van der Waals surface area contributed by atoms with Crippen LogP contribution < -0.4 is 5.32 Å². The monoisotopic (exact) mass is 342 g/mol. The first-order valence-electron chi connectivity index (χ1n) is 8.95. The lowest BCUT2D eigenvalue weighted by Gasteiger charge is -2.38. The predicted molar refractivity (Wildman–Crippen MR) is 94.8 cm³/mol. The fourth-order valence-corrected chi connectivity index (χ4v) is 3.38. The van der Waals surface area contributed by atoms with Gasteiger partial charge in [0.1, 0.15) is 0 Å². The highest BCUT2D eigenvalue weighted by atomic mass is 16.5. The van der Waals surface area contributed by atoms with Crippen molar-refractivity contribution in [2.75, 3.05) is 19.6 Å². The van der Waals surface area contributed by atoms with Gasteiger partial charge in [-0.2, -0.15) is 4.98 Å². The van der Waals surface area contributed by atoms with Gasteiger partial charge in [-0.25, -0.2) is 0 Å². The topological polar surface area (TPSA) is 71.3 Å². The number of benzene rings is 1. The van der Waals surface area contributed by atoms with E-state index in [-0.39, 0.29) is 11.3 Å². The van der Waals surface area contributed by atoms with Crippen LogP contribution in [0, 0.1) is 5.41 Å². The molecule has 1 amide bonds. The van der Waals surface area contributed by atoms with Gasteiger partial charge in [0.25, 0.3) is 0 Å². The minimum atomic E-state index is -0.342. The van der Waals surface area contributed by atoms with Crippen LogP contribution in [0.25, 0.3) is 0 Å². The summed E-state index contributed by atoms with van der Waals surface area (Å²) in [7, 11) is 0. The van der Waals surface area contributed by atoms with E-state index in [4.69, 9.17) is 4.52 Å². The van der Waals surface area contributed by atoms with Gasteiger partial charge in [0.2, 0.25) is 11.8 Å². The van der Waals surface area contributed by atoms with Gasteiger partial charge >= 0.3 is 0 Å². The summed E-state index contributed by atoms with van der Waals surface area (Å²) in [5.41, 5.74) is 0.779. The third kappa shape index (κ3) is 4.45. The second-order valence-corrected chi connectivity index (χ2v) is 6.98. The minimum Gasteiger partial charge on any atom is -0.348 e. The highest BCUT2D eigenvalue weighted by molar-refractivity contribution is 5.82. The number of nitrogens with zero attached hydrogens (tertiary/aromatic N) is 3. The van der Waals surface area contributed by atoms with E-state index < -0.39 is 0 Å². The Morgan fingerprint density at radius 2 is 2.16 bits per heavy atom. The van der Waals surface area contributed by atoms with E-state index in [0.29, 0.717) is 24.7 Å². The molecular weight excluding hydrogens is 316 g/mol. The summed E-state index contributed by atoms with van der Waals surface area (Å²) in [5.74, 6) is 1.16. The zero-order valence-electron chi connectivity index (χ0n) is 15.0. The highest BCUT2D eigenvalue weighted by Gasteiger charge is 2.37. The number of carbonyl (C=O) groups is 1. The Labute approximate surface area is 148 Å². The summed E-state index contributed by atoms with van der Waals surface area (Å²) in [6.07, 6.45) is 2.58. The van der Waals surface area contributed by atoms with E-state index >= 15 is 0 Å². The number of carbonyl (C=O) groups excluding carboxylic acids is 1. The Morgan fingerprint density at radius 1 is 1.36 bits per heavy atom. The van der Waals surface area contributed by atoms with Gasteiger partial charge in [-0.05, 0) is 38.4 Å². The second-order valence-electron chi connectivity index (χ2n) is 6.98. The lowest BCUT2D eigenvalue weighted by atomic mass is 9.81. The molecule has 2 aromatic rings. The van der Waals surface area contributed by atoms with E-state index in [1.165, 1.54) is 0 Å². The SMILES string of the molecule is CCN1CCC[C@@](C)(C(=O)NCc2noc(Cc3ccccc3)n2)C1. The van der Waals surface area contributed by atoms with Gasteiger partial charge in [-0.3, -0.25) is 4.79 Å². The number of likely N-dealkylation sites (tertiary alicyclic amines) is 1. The largest absolute Gasteiger partial charge is 0.348 e. The van der Waals surface area contributed by atoms with E-state index in [9.17, 15) is 4.79 Å². The van der Waals surface area contributed by atoms with Crippen molar-refractivity contribution in [3.8, 4) is 0 Å². The van der Waals surface area contributed by atoms with Crippen LogP contribution in [-0.2, 0) is 17.8 Å². The molecule has 0 bridgehead atoms. The number of rotatable bonds is 6. The number of hydrogen-bond donors (Lipinski definition) is 1. The zero-order chi connectivity index (χ0) is 17.7. The first-order chi connectivity index (χ1) is 12.1. The smallest absolute Gasteiger partial charge is 0.231 e. The van der Waals surface area contributed by atoms with Crippen LogP contribution in [-0.4, -0.2) is 40.6 Å². The normalized spacial score (nSPS) is 21.2. The molecule has 134 valence electrons. The minimum absolute atomic E-state index is 0.0695. The molecule has 3 rings (SSSR count). The van der Waals surface area contributed by atoms with Crippen molar-refractivity contribution < 1.29 is 9.32 Å². The molecule has 6 heteroatoms. The average Bonchev–Trinajstić information content (AvgIpc) is 3.08. The zero-order valence-corrected chi connectivity index (χ0v) is 15.0. The summed E-state index contributed by atoms with van der Waals surface area (Å²) in [6.45, 7) is 7.35. The van der Waals surface area contributed by atoms with E-state index in [2.05, 4.69) is 27.3 Å². The predicted octanol–water partition coefficient (Wildman–Crippen LogP) is 2.40. The molecule has 6 nitrogen and oxygen atoms in total. The third-order valence-electron chi connectivity index (χ3n) is 4.89. The summed E-state index contributed by atoms with van der Waals surface area (Å²) < 4.78 is 5.29. The average molecular weight is 342 g/mol. The molecule has 1 saturated heterocycles. The molecule has 0 aliphatic carbocycles. The van der Waals surface area contributed by atoms with Gasteiger partial charge in [0, 0.05) is 6.54 Å². The van der Waals surface area contributed by atoms with Crippen molar-refractivity contribution in [1.29, 1.82) is 0 Å². The van der Waals surface area contributed by atoms with E-state index in [0.717, 1.165) is 38.0 Å². The van der Waals surface area contributed by atoms with Crippen LogP contribution in [0.2, 0.25) is 0 Å². The van der Waals surface area contributed by atoms with Gasteiger partial charge in [0.15, 0.2) is 5.82 Å². The van der Waals surface area contributed by atoms with Gasteiger partial charge in [-0.1, -0.05) is 42.4 Å². The Kier molecular flexibility index (Phi) is 5.48. The Bertz CT molecular complexity index is 700. The van der Waals surface area contributed by atoms with Crippen molar-refractivity contribution in [2.24, 2.45) is 5.41 Å². The molecular formula is C19H26N4O2. The molecule has 1 fully saturated rings. The molecule has 0 unspecified atom stereocenters. The first kappa shape index (κ1) is 17.6. The summed E-state index contributed by atoms with van der Waals surface area (Å²) in [4.78, 5) is 19.3. The van der Waals surface area contributed by atoms with Gasteiger partial charge in [0.05, 0.1) is 18.4 Å². The lowest BCUT2D eigenvalue weighted by Crippen LogP contribution is -2.50. The van der Waals surface area contributed by atoms with Crippen LogP contribution in [0.3, 0.4) is 0 Å². The second kappa shape index (κ2) is 7.78. The number of amides is 1. The van der Waals surface area contributed by atoms with Crippen molar-refractivity contribution >= 4 is 5.91 Å². The molecule has 1 atom stereocenters. The molecule has 1 aliphatic heterocycles. The molecule has 1 N–H and O–H groups in total. The number of hydrogen-bond acceptors (Lipinski definition) is 5. The van der Waals surface area contributed by atoms with Gasteiger partial charge in [-0.15, -0.1) is 0 Å². The van der Waals surface area contributed by atoms with E-state index in [1.807, 2.05) is 37.3 Å². The molecule has 2 heterocycles. The van der Waals surface area contributed by atoms with Gasteiger partial charge < -0.3 is 14.7 Å². The quantitative estimate of drug-likeness (QED) is 0.873. The fraction of sp³-hybridized carbons (Fsp3) is 0.526. The maximum atomic E-state index is 12.6. The molecule has 1 aromatic carbocycles. The Morgan fingerprint density at radius 3 is 2.92 bits per heavy atom. The molecule has 0 saturated carbocycles. The number of piperidine rings is 1. The molecule has 0 spiro atoms. The third-order valence-corrected chi connectivity index (χ3v) is 4.89. The van der Waals surface area contributed by atoms with Crippen LogP contribution in [0.1, 0.15) is 44.0 Å². The standard InChI is InChI=1S/C19H26N4O2/c1-3-23-11-7-10-19(2,14-23)18(24)20-13-16-21-17(25-22-16)12-15-8-5-4-6-9-15/h4-6,8-9H,3,7,10-14H2,1-2H3,(H,20,24)/t19-/m1/s1. The van der Waals surface area contributed by atoms with E-state index in [1.54, 1.807) is 0 Å². The van der Waals surface area contributed by atoms with Crippen LogP contribution in [0.4, 0.5) is 0 Å². The Balaban J connectivity index is 1.54. The van der Waals surface area contributed by atoms with Crippen molar-refractivity contribution in [3.63, 3.8) is 0 Å². The highest BCUT2D eigenvalue weighted by Crippen LogP contribution is 2.29. The van der Waals surface area contributed by atoms with Crippen LogP contribution in [0.5, 0.6) is 0 Å². The number of aromatic nitrogens is 2. The van der Waals surface area contributed by atoms with Crippen molar-refractivity contribution in [3.05, 3.63) is 47.6 Å². The first-order valence-corrected chi connectivity index (χ1v) is 8.95. The molecule has 1 aliphatic rings. The molecule has 1 aromatic heterocycles. The lowest BCUT2D eigenvalue weighted by molar-refractivity contribution is -0.133. The summed E-state index contributed by atoms with van der Waals surface area (Å²) >= 11 is 0. The van der Waals surface area contributed by atoms with Crippen molar-refractivity contribution in [2.45, 2.75) is 39.7 Å². The molecule has 0 radical (unpaired) electrons. The Hall–Kier alpha value is -2.21. The van der Waals surface area contributed by atoms with Crippen LogP contribution in [0.15, 0.2) is 34.9 Å². The van der Waals surface area contributed by atoms with Crippen molar-refractivity contribution in [1.82, 2.24) is 20.4 Å². The maximum absolute atomic E-state index is 12.6. The molecule has 25 heavy (non-hydrogen) atoms. The maximum Gasteiger partial charge on any atom is 0.231 e. The summed E-state index contributed by atoms with van der Waals surface area (Å²) in [6, 6.07) is 9.99. The van der Waals surface area contributed by atoms with Crippen LogP contribution >= 0.6 is 0 Å². The fourth-order valence-electron chi connectivity index (χ4n) is 3.38. The number of nitrogens with one attached hydrogen (secondary N) is 1.